The van der Waals surface area contributed by atoms with Gasteiger partial charge in [0.05, 0.1) is 22.1 Å². The molecule has 0 unspecified atom stereocenters. The normalized spacial score (nSPS) is 24.9. The first kappa shape index (κ1) is 28.0. The molecule has 2 saturated carbocycles. The molecule has 1 aliphatic heterocycles. The third kappa shape index (κ3) is 5.93. The highest BCUT2D eigenvalue weighted by Crippen LogP contribution is 2.52. The number of halogens is 2. The molecule has 41 heavy (non-hydrogen) atoms. The number of carbonyl (C=O) groups excluding carboxylic acids is 1. The van der Waals surface area contributed by atoms with Gasteiger partial charge in [-0.2, -0.15) is 5.26 Å². The summed E-state index contributed by atoms with van der Waals surface area (Å²) in [5.74, 6) is -0.484. The average molecular weight is 595 g/mol. The summed E-state index contributed by atoms with van der Waals surface area (Å²) in [5, 5.41) is 10.3. The molecule has 2 aliphatic carbocycles. The second kappa shape index (κ2) is 10.9. The molecule has 1 saturated heterocycles. The van der Waals surface area contributed by atoms with Crippen LogP contribution < -0.4 is 4.90 Å². The number of hydrogen-bond acceptors (Lipinski definition) is 7. The van der Waals surface area contributed by atoms with Crippen LogP contribution >= 0.6 is 11.3 Å². The number of benzene rings is 2. The van der Waals surface area contributed by atoms with Crippen LogP contribution in [0.4, 0.5) is 14.5 Å². The quantitative estimate of drug-likeness (QED) is 0.319. The van der Waals surface area contributed by atoms with Crippen LogP contribution in [-0.2, 0) is 14.5 Å². The van der Waals surface area contributed by atoms with E-state index in [1.165, 1.54) is 23.5 Å². The summed E-state index contributed by atoms with van der Waals surface area (Å²) < 4.78 is 48.3. The highest BCUT2D eigenvalue weighted by molar-refractivity contribution is 7.92. The van der Waals surface area contributed by atoms with Crippen LogP contribution in [0.15, 0.2) is 48.5 Å². The van der Waals surface area contributed by atoms with Crippen LogP contribution in [0.25, 0.3) is 21.0 Å². The van der Waals surface area contributed by atoms with E-state index in [-0.39, 0.29) is 30.4 Å². The summed E-state index contributed by atoms with van der Waals surface area (Å²) in [4.78, 5) is 21.6. The Bertz CT molecular complexity index is 1580. The maximum absolute atomic E-state index is 14.7. The summed E-state index contributed by atoms with van der Waals surface area (Å²) in [5.41, 5.74) is 2.87. The zero-order valence-electron chi connectivity index (χ0n) is 22.7. The van der Waals surface area contributed by atoms with Gasteiger partial charge in [-0.15, -0.1) is 11.3 Å². The lowest BCUT2D eigenvalue weighted by Crippen LogP contribution is -2.39. The van der Waals surface area contributed by atoms with Crippen molar-refractivity contribution < 1.29 is 17.8 Å². The lowest BCUT2D eigenvalue weighted by molar-refractivity contribution is -0.126. The summed E-state index contributed by atoms with van der Waals surface area (Å²) in [7, 11) is -2.49. The number of nitriles is 1. The van der Waals surface area contributed by atoms with Crippen molar-refractivity contribution in [2.45, 2.75) is 50.6 Å². The second-order valence-corrected chi connectivity index (χ2v) is 15.1. The van der Waals surface area contributed by atoms with Crippen LogP contribution in [0.5, 0.6) is 0 Å². The van der Waals surface area contributed by atoms with E-state index in [1.807, 2.05) is 24.3 Å². The third-order valence-electron chi connectivity index (χ3n) is 8.78. The Kier molecular flexibility index (Phi) is 7.45. The molecule has 214 valence electrons. The Morgan fingerprint density at radius 2 is 1.76 bits per heavy atom. The minimum Gasteiger partial charge on any atom is -0.370 e. The van der Waals surface area contributed by atoms with E-state index in [0.717, 1.165) is 27.4 Å². The summed E-state index contributed by atoms with van der Waals surface area (Å²) >= 11 is 1.48. The first-order valence-corrected chi connectivity index (χ1v) is 16.8. The zero-order valence-corrected chi connectivity index (χ0v) is 24.3. The SMILES string of the molecule is N#CC1(CC(=O)[C@@H]2C[C@@H](F)CC[C@H]2c2nc(-c3ccc(F)cc3)sc2-c2ccc(N3CCS(=N)(=O)CC3)cc2)CC1. The fourth-order valence-electron chi connectivity index (χ4n) is 6.06. The minimum absolute atomic E-state index is 0.0508. The van der Waals surface area contributed by atoms with E-state index in [9.17, 15) is 23.0 Å². The molecule has 10 heteroatoms. The molecule has 0 radical (unpaired) electrons. The van der Waals surface area contributed by atoms with Crippen molar-refractivity contribution in [2.75, 3.05) is 29.5 Å². The Morgan fingerprint density at radius 1 is 1.10 bits per heavy atom. The topological polar surface area (TPSA) is 97.9 Å². The van der Waals surface area contributed by atoms with E-state index < -0.39 is 27.2 Å². The van der Waals surface area contributed by atoms with Crippen LogP contribution in [0.2, 0.25) is 0 Å². The van der Waals surface area contributed by atoms with E-state index in [0.29, 0.717) is 55.3 Å². The minimum atomic E-state index is -2.49. The van der Waals surface area contributed by atoms with Gasteiger partial charge in [0.15, 0.2) is 0 Å². The van der Waals surface area contributed by atoms with E-state index >= 15 is 0 Å². The fourth-order valence-corrected chi connectivity index (χ4v) is 8.44. The number of alkyl halides is 1. The van der Waals surface area contributed by atoms with Gasteiger partial charge in [-0.1, -0.05) is 12.1 Å². The lowest BCUT2D eigenvalue weighted by Gasteiger charge is -2.32. The zero-order chi connectivity index (χ0) is 28.8. The molecule has 6 rings (SSSR count). The Balaban J connectivity index is 1.36. The van der Waals surface area contributed by atoms with E-state index in [4.69, 9.17) is 9.76 Å². The van der Waals surface area contributed by atoms with Crippen molar-refractivity contribution in [1.82, 2.24) is 4.98 Å². The molecule has 0 amide bonds. The number of nitrogens with one attached hydrogen (secondary N) is 1. The second-order valence-electron chi connectivity index (χ2n) is 11.7. The number of hydrogen-bond donors (Lipinski definition) is 1. The molecule has 3 aliphatic rings. The van der Waals surface area contributed by atoms with Gasteiger partial charge in [-0.25, -0.2) is 18.0 Å². The number of nitrogens with zero attached hydrogens (tertiary/aromatic N) is 3. The number of carbonyl (C=O) groups is 1. The number of aromatic nitrogens is 1. The van der Waals surface area contributed by atoms with Crippen molar-refractivity contribution in [1.29, 1.82) is 10.0 Å². The molecule has 1 aromatic heterocycles. The molecule has 2 aromatic carbocycles. The Hall–Kier alpha value is -3.16. The van der Waals surface area contributed by atoms with Crippen molar-refractivity contribution in [3.8, 4) is 27.1 Å². The van der Waals surface area contributed by atoms with Gasteiger partial charge in [0, 0.05) is 63.8 Å². The van der Waals surface area contributed by atoms with Crippen LogP contribution in [0, 0.1) is 33.3 Å². The average Bonchev–Trinajstić information content (AvgIpc) is 3.60. The first-order valence-electron chi connectivity index (χ1n) is 14.1. The maximum Gasteiger partial charge on any atom is 0.138 e. The summed E-state index contributed by atoms with van der Waals surface area (Å²) in [6, 6.07) is 16.5. The summed E-state index contributed by atoms with van der Waals surface area (Å²) in [6.07, 6.45) is 1.52. The highest BCUT2D eigenvalue weighted by Gasteiger charge is 2.48. The molecule has 1 N–H and O–H groups in total. The largest absolute Gasteiger partial charge is 0.370 e. The smallest absolute Gasteiger partial charge is 0.138 e. The monoisotopic (exact) mass is 594 g/mol. The van der Waals surface area contributed by atoms with Crippen molar-refractivity contribution in [3.05, 3.63) is 60.0 Å². The van der Waals surface area contributed by atoms with E-state index in [1.54, 1.807) is 12.1 Å². The molecular weight excluding hydrogens is 562 g/mol. The van der Waals surface area contributed by atoms with Crippen molar-refractivity contribution in [2.24, 2.45) is 11.3 Å². The highest BCUT2D eigenvalue weighted by atomic mass is 32.2. The predicted molar refractivity (Wildman–Crippen MR) is 158 cm³/mol. The van der Waals surface area contributed by atoms with Crippen LogP contribution in [0.1, 0.15) is 50.1 Å². The predicted octanol–water partition coefficient (Wildman–Crippen LogP) is 6.97. The molecule has 0 bridgehead atoms. The number of thiazole rings is 1. The number of anilines is 1. The lowest BCUT2D eigenvalue weighted by atomic mass is 9.72. The molecule has 3 fully saturated rings. The molecule has 6 nitrogen and oxygen atoms in total. The molecule has 2 heterocycles. The van der Waals surface area contributed by atoms with Crippen LogP contribution in [-0.4, -0.2) is 45.7 Å². The molecule has 3 aromatic rings. The van der Waals surface area contributed by atoms with Gasteiger partial charge < -0.3 is 4.90 Å². The van der Waals surface area contributed by atoms with E-state index in [2.05, 4.69) is 11.0 Å². The van der Waals surface area contributed by atoms with Gasteiger partial charge in [-0.05, 0) is 74.1 Å². The number of Topliss-reactive ketones (excluding diaryl/α,β-unsaturated/α-hetero) is 1. The molecular formula is C31H32F2N4O2S2. The van der Waals surface area contributed by atoms with Gasteiger partial charge >= 0.3 is 0 Å². The number of rotatable bonds is 7. The van der Waals surface area contributed by atoms with Crippen molar-refractivity contribution >= 4 is 32.5 Å². The summed E-state index contributed by atoms with van der Waals surface area (Å²) in [6.45, 7) is 1.14. The number of ketones is 1. The maximum atomic E-state index is 14.7. The standard InChI is InChI=1S/C31H32F2N4O2S2/c32-22-5-1-21(2-6-22)30-36-28(25-10-7-23(33)17-26(25)27(38)18-31(19-34)11-12-31)29(40-30)20-3-8-24(9-4-20)37-13-15-41(35,39)16-14-37/h1-6,8-9,23,25-26,35H,7,10-18H2/t23-,25+,26+/m0/s1. The molecule has 0 spiro atoms. The Labute approximate surface area is 243 Å². The van der Waals surface area contributed by atoms with Gasteiger partial charge in [0.1, 0.15) is 22.8 Å². The van der Waals surface area contributed by atoms with Crippen molar-refractivity contribution in [3.63, 3.8) is 0 Å². The molecule has 3 atom stereocenters. The fraction of sp³-hybridized carbons (Fsp3) is 0.452. The van der Waals surface area contributed by atoms with Gasteiger partial charge in [-0.3, -0.25) is 9.57 Å². The van der Waals surface area contributed by atoms with Gasteiger partial charge in [0.25, 0.3) is 0 Å². The van der Waals surface area contributed by atoms with Gasteiger partial charge in [0.2, 0.25) is 0 Å². The third-order valence-corrected chi connectivity index (χ3v) is 11.6. The first-order chi connectivity index (χ1) is 19.7. The Morgan fingerprint density at radius 3 is 2.39 bits per heavy atom. The van der Waals surface area contributed by atoms with Crippen LogP contribution in [0.3, 0.4) is 0 Å².